The fourth-order valence-electron chi connectivity index (χ4n) is 0.732. The third-order valence-corrected chi connectivity index (χ3v) is 1.22. The highest BCUT2D eigenvalue weighted by atomic mass is 16.4. The summed E-state index contributed by atoms with van der Waals surface area (Å²) in [5.74, 6) is -0.922. The summed E-state index contributed by atoms with van der Waals surface area (Å²) in [7, 11) is 0. The lowest BCUT2D eigenvalue weighted by atomic mass is 10.2. The molecule has 0 heterocycles. The summed E-state index contributed by atoms with van der Waals surface area (Å²) in [5, 5.41) is 15.9. The van der Waals surface area contributed by atoms with Crippen molar-refractivity contribution < 1.29 is 15.0 Å². The monoisotopic (exact) mass is 194 g/mol. The van der Waals surface area contributed by atoms with Gasteiger partial charge in [0, 0.05) is 12.7 Å². The number of rotatable bonds is 2. The quantitative estimate of drug-likeness (QED) is 0.705. The van der Waals surface area contributed by atoms with Gasteiger partial charge >= 0.3 is 5.97 Å². The zero-order chi connectivity index (χ0) is 10.8. The van der Waals surface area contributed by atoms with Gasteiger partial charge in [-0.2, -0.15) is 0 Å². The Hall–Kier alpha value is -1.61. The maximum Gasteiger partial charge on any atom is 0.328 e. The van der Waals surface area contributed by atoms with Crippen LogP contribution in [-0.4, -0.2) is 22.8 Å². The van der Waals surface area contributed by atoms with Crippen molar-refractivity contribution in [3.8, 4) is 0 Å². The van der Waals surface area contributed by atoms with E-state index in [0.29, 0.717) is 0 Å². The predicted molar refractivity (Wildman–Crippen MR) is 55.9 cm³/mol. The summed E-state index contributed by atoms with van der Waals surface area (Å²) < 4.78 is 0. The zero-order valence-corrected chi connectivity index (χ0v) is 8.05. The van der Waals surface area contributed by atoms with Gasteiger partial charge in [-0.1, -0.05) is 30.3 Å². The highest BCUT2D eigenvalue weighted by molar-refractivity contribution is 5.85. The first-order valence-electron chi connectivity index (χ1n) is 4.27. The van der Waals surface area contributed by atoms with E-state index in [1.54, 1.807) is 13.0 Å². The summed E-state index contributed by atoms with van der Waals surface area (Å²) in [6.45, 7) is 1.93. The molecular weight excluding hydrogens is 180 g/mol. The van der Waals surface area contributed by atoms with Crippen LogP contribution in [0.3, 0.4) is 0 Å². The molecule has 1 aromatic carbocycles. The van der Waals surface area contributed by atoms with Crippen molar-refractivity contribution in [3.63, 3.8) is 0 Å². The number of benzene rings is 1. The summed E-state index contributed by atoms with van der Waals surface area (Å²) in [4.78, 5) is 10.1. The maximum atomic E-state index is 10.1. The van der Waals surface area contributed by atoms with Crippen molar-refractivity contribution in [3.05, 3.63) is 42.0 Å². The average molecular weight is 194 g/mol. The van der Waals surface area contributed by atoms with Gasteiger partial charge in [-0.3, -0.25) is 0 Å². The van der Waals surface area contributed by atoms with Crippen molar-refractivity contribution in [2.24, 2.45) is 0 Å². The fraction of sp³-hybridized carbons (Fsp3) is 0.182. The number of hydrogen-bond acceptors (Lipinski definition) is 2. The van der Waals surface area contributed by atoms with E-state index in [4.69, 9.17) is 10.2 Å². The van der Waals surface area contributed by atoms with E-state index >= 15 is 0 Å². The van der Waals surface area contributed by atoms with Crippen molar-refractivity contribution >= 4 is 12.0 Å². The Bertz CT molecular complexity index is 278. The van der Waals surface area contributed by atoms with E-state index < -0.39 is 5.97 Å². The topological polar surface area (TPSA) is 57.5 Å². The van der Waals surface area contributed by atoms with Gasteiger partial charge in [0.1, 0.15) is 0 Å². The highest BCUT2D eigenvalue weighted by Gasteiger charge is 1.85. The van der Waals surface area contributed by atoms with Crippen molar-refractivity contribution in [2.75, 3.05) is 6.61 Å². The average Bonchev–Trinajstić information content (AvgIpc) is 2.18. The minimum atomic E-state index is -0.922. The Morgan fingerprint density at radius 3 is 2.29 bits per heavy atom. The number of aliphatic carboxylic acids is 1. The SMILES string of the molecule is CCO.O=C(O)/C=C/c1ccccc1. The molecule has 0 unspecified atom stereocenters. The van der Waals surface area contributed by atoms with Crippen LogP contribution < -0.4 is 0 Å². The summed E-state index contributed by atoms with van der Waals surface area (Å²) in [6, 6.07) is 9.31. The summed E-state index contributed by atoms with van der Waals surface area (Å²) in [6.07, 6.45) is 2.68. The van der Waals surface area contributed by atoms with Gasteiger partial charge in [0.25, 0.3) is 0 Å². The number of carboxylic acids is 1. The minimum absolute atomic E-state index is 0.250. The van der Waals surface area contributed by atoms with E-state index in [-0.39, 0.29) is 6.61 Å². The molecule has 76 valence electrons. The number of hydrogen-bond donors (Lipinski definition) is 2. The molecule has 0 aromatic heterocycles. The van der Waals surface area contributed by atoms with E-state index in [1.165, 1.54) is 0 Å². The fourth-order valence-corrected chi connectivity index (χ4v) is 0.732. The Labute approximate surface area is 83.3 Å². The molecular formula is C11H14O3. The number of aliphatic hydroxyl groups excluding tert-OH is 1. The summed E-state index contributed by atoms with van der Waals surface area (Å²) >= 11 is 0. The minimum Gasteiger partial charge on any atom is -0.478 e. The molecule has 0 amide bonds. The van der Waals surface area contributed by atoms with Crippen LogP contribution >= 0.6 is 0 Å². The van der Waals surface area contributed by atoms with Crippen LogP contribution in [0.25, 0.3) is 6.08 Å². The lowest BCUT2D eigenvalue weighted by Gasteiger charge is -1.87. The standard InChI is InChI=1S/C9H8O2.C2H6O/c10-9(11)7-6-8-4-2-1-3-5-8;1-2-3/h1-7H,(H,10,11);3H,2H2,1H3/b7-6+;. The van der Waals surface area contributed by atoms with E-state index in [9.17, 15) is 4.79 Å². The molecule has 3 heteroatoms. The first-order chi connectivity index (χ1) is 6.70. The van der Waals surface area contributed by atoms with E-state index in [0.717, 1.165) is 11.6 Å². The van der Waals surface area contributed by atoms with Crippen LogP contribution in [0.1, 0.15) is 12.5 Å². The molecule has 0 radical (unpaired) electrons. The van der Waals surface area contributed by atoms with Crippen LogP contribution in [0, 0.1) is 0 Å². The van der Waals surface area contributed by atoms with Crippen LogP contribution in [-0.2, 0) is 4.79 Å². The molecule has 0 aliphatic rings. The van der Waals surface area contributed by atoms with Crippen LogP contribution in [0.2, 0.25) is 0 Å². The van der Waals surface area contributed by atoms with Crippen LogP contribution in [0.4, 0.5) is 0 Å². The molecule has 1 rings (SSSR count). The van der Waals surface area contributed by atoms with E-state index in [2.05, 4.69) is 0 Å². The van der Waals surface area contributed by atoms with Gasteiger partial charge in [0.2, 0.25) is 0 Å². The van der Waals surface area contributed by atoms with Gasteiger partial charge in [0.05, 0.1) is 0 Å². The molecule has 0 saturated carbocycles. The molecule has 0 atom stereocenters. The van der Waals surface area contributed by atoms with Crippen molar-refractivity contribution in [1.82, 2.24) is 0 Å². The summed E-state index contributed by atoms with van der Waals surface area (Å²) in [5.41, 5.74) is 0.898. The first kappa shape index (κ1) is 12.4. The van der Waals surface area contributed by atoms with Crippen molar-refractivity contribution in [1.29, 1.82) is 0 Å². The molecule has 0 spiro atoms. The second-order valence-electron chi connectivity index (χ2n) is 2.40. The molecule has 1 aromatic rings. The van der Waals surface area contributed by atoms with Gasteiger partial charge in [-0.25, -0.2) is 4.79 Å². The van der Waals surface area contributed by atoms with E-state index in [1.807, 2.05) is 30.3 Å². The molecule has 3 nitrogen and oxygen atoms in total. The number of carbonyl (C=O) groups is 1. The normalized spacial score (nSPS) is 9.29. The zero-order valence-electron chi connectivity index (χ0n) is 8.05. The molecule has 0 bridgehead atoms. The molecule has 2 N–H and O–H groups in total. The van der Waals surface area contributed by atoms with Gasteiger partial charge in [-0.15, -0.1) is 0 Å². The second kappa shape index (κ2) is 8.01. The smallest absolute Gasteiger partial charge is 0.328 e. The Morgan fingerprint density at radius 2 is 1.86 bits per heavy atom. The molecule has 0 aliphatic heterocycles. The Kier molecular flexibility index (Phi) is 7.09. The number of aliphatic hydroxyl groups is 1. The first-order valence-corrected chi connectivity index (χ1v) is 4.27. The Morgan fingerprint density at radius 1 is 1.36 bits per heavy atom. The van der Waals surface area contributed by atoms with Crippen LogP contribution in [0.5, 0.6) is 0 Å². The molecule has 0 saturated heterocycles. The van der Waals surface area contributed by atoms with Gasteiger partial charge in [-0.05, 0) is 18.6 Å². The lowest BCUT2D eigenvalue weighted by Crippen LogP contribution is -1.85. The lowest BCUT2D eigenvalue weighted by molar-refractivity contribution is -0.131. The van der Waals surface area contributed by atoms with Gasteiger partial charge < -0.3 is 10.2 Å². The second-order valence-corrected chi connectivity index (χ2v) is 2.40. The van der Waals surface area contributed by atoms with Crippen LogP contribution in [0.15, 0.2) is 36.4 Å². The largest absolute Gasteiger partial charge is 0.478 e. The third kappa shape index (κ3) is 7.06. The predicted octanol–water partition coefficient (Wildman–Crippen LogP) is 1.78. The highest BCUT2D eigenvalue weighted by Crippen LogP contribution is 1.99. The number of carboxylic acid groups (broad SMARTS) is 1. The molecule has 14 heavy (non-hydrogen) atoms. The molecule has 0 fully saturated rings. The molecule has 0 aliphatic carbocycles. The van der Waals surface area contributed by atoms with Crippen molar-refractivity contribution in [2.45, 2.75) is 6.92 Å². The maximum absolute atomic E-state index is 10.1. The Balaban J connectivity index is 0.000000500. The van der Waals surface area contributed by atoms with Gasteiger partial charge in [0.15, 0.2) is 0 Å². The third-order valence-electron chi connectivity index (χ3n) is 1.22.